The van der Waals surface area contributed by atoms with Crippen molar-refractivity contribution in [3.05, 3.63) is 12.4 Å². The Balaban J connectivity index is 1.80. The van der Waals surface area contributed by atoms with Gasteiger partial charge in [0.2, 0.25) is 0 Å². The lowest BCUT2D eigenvalue weighted by atomic mass is 10.4. The number of rotatable bonds is 3. The SMILES string of the molecule is BrCCN1CCCN(c2cncc3nnnn23)CC1. The van der Waals surface area contributed by atoms with Crippen molar-refractivity contribution < 1.29 is 0 Å². The maximum absolute atomic E-state index is 4.22. The van der Waals surface area contributed by atoms with E-state index in [-0.39, 0.29) is 0 Å². The summed E-state index contributed by atoms with van der Waals surface area (Å²) in [6.45, 7) is 5.29. The fourth-order valence-corrected chi connectivity index (χ4v) is 2.92. The molecule has 3 rings (SSSR count). The predicted molar refractivity (Wildman–Crippen MR) is 75.6 cm³/mol. The van der Waals surface area contributed by atoms with Crippen LogP contribution in [0.3, 0.4) is 0 Å². The molecule has 1 fully saturated rings. The van der Waals surface area contributed by atoms with Crippen LogP contribution in [0.2, 0.25) is 0 Å². The quantitative estimate of drug-likeness (QED) is 0.762. The first-order chi connectivity index (χ1) is 9.38. The molecule has 1 saturated heterocycles. The van der Waals surface area contributed by atoms with Gasteiger partial charge in [-0.05, 0) is 23.4 Å². The molecule has 1 aliphatic rings. The molecule has 0 radical (unpaired) electrons. The molecule has 0 bridgehead atoms. The summed E-state index contributed by atoms with van der Waals surface area (Å²) in [6, 6.07) is 0. The number of fused-ring (bicyclic) bond motifs is 1. The summed E-state index contributed by atoms with van der Waals surface area (Å²) in [6.07, 6.45) is 4.66. The van der Waals surface area contributed by atoms with Crippen LogP contribution in [0.4, 0.5) is 5.82 Å². The van der Waals surface area contributed by atoms with Gasteiger partial charge in [-0.25, -0.2) is 0 Å². The van der Waals surface area contributed by atoms with E-state index in [1.807, 2.05) is 6.20 Å². The molecule has 0 saturated carbocycles. The Bertz CT molecular complexity index is 543. The third-order valence-electron chi connectivity index (χ3n) is 3.40. The summed E-state index contributed by atoms with van der Waals surface area (Å²) in [4.78, 5) is 9.00. The highest BCUT2D eigenvalue weighted by Crippen LogP contribution is 2.15. The molecule has 19 heavy (non-hydrogen) atoms. The van der Waals surface area contributed by atoms with Gasteiger partial charge in [0.1, 0.15) is 0 Å². The minimum absolute atomic E-state index is 0.694. The first-order valence-corrected chi connectivity index (χ1v) is 7.56. The standard InChI is InChI=1S/C11H16BrN7/c12-2-5-17-3-1-4-18(7-6-17)11-9-13-8-10-14-15-16-19(10)11/h8-9H,1-7H2. The number of nitrogens with zero attached hydrogens (tertiary/aromatic N) is 7. The van der Waals surface area contributed by atoms with Gasteiger partial charge in [0, 0.05) is 31.5 Å². The summed E-state index contributed by atoms with van der Waals surface area (Å²) in [5.41, 5.74) is 0.694. The van der Waals surface area contributed by atoms with Gasteiger partial charge in [0.15, 0.2) is 11.5 Å². The summed E-state index contributed by atoms with van der Waals surface area (Å²) >= 11 is 3.50. The molecule has 1 aliphatic heterocycles. The number of aromatic nitrogens is 5. The van der Waals surface area contributed by atoms with E-state index < -0.39 is 0 Å². The van der Waals surface area contributed by atoms with Crippen LogP contribution < -0.4 is 4.90 Å². The molecule has 0 unspecified atom stereocenters. The number of hydrogen-bond acceptors (Lipinski definition) is 6. The minimum Gasteiger partial charge on any atom is -0.354 e. The molecule has 102 valence electrons. The van der Waals surface area contributed by atoms with E-state index in [1.54, 1.807) is 10.7 Å². The van der Waals surface area contributed by atoms with Gasteiger partial charge in [0.05, 0.1) is 12.4 Å². The van der Waals surface area contributed by atoms with Crippen molar-refractivity contribution in [2.24, 2.45) is 0 Å². The first kappa shape index (κ1) is 12.7. The summed E-state index contributed by atoms with van der Waals surface area (Å²) < 4.78 is 1.76. The van der Waals surface area contributed by atoms with Gasteiger partial charge < -0.3 is 9.80 Å². The average Bonchev–Trinajstić information content (AvgIpc) is 2.79. The highest BCUT2D eigenvalue weighted by atomic mass is 79.9. The number of tetrazole rings is 1. The lowest BCUT2D eigenvalue weighted by Gasteiger charge is -2.22. The smallest absolute Gasteiger partial charge is 0.199 e. The van der Waals surface area contributed by atoms with Gasteiger partial charge in [-0.1, -0.05) is 15.9 Å². The van der Waals surface area contributed by atoms with Crippen LogP contribution in [0.15, 0.2) is 12.4 Å². The van der Waals surface area contributed by atoms with E-state index in [4.69, 9.17) is 0 Å². The fourth-order valence-electron chi connectivity index (χ4n) is 2.42. The molecule has 0 aliphatic carbocycles. The van der Waals surface area contributed by atoms with Crippen LogP contribution in [-0.2, 0) is 0 Å². The second-order valence-corrected chi connectivity index (χ2v) is 5.38. The molecule has 0 N–H and O–H groups in total. The second-order valence-electron chi connectivity index (χ2n) is 4.59. The van der Waals surface area contributed by atoms with Crippen LogP contribution in [0, 0.1) is 0 Å². The zero-order valence-corrected chi connectivity index (χ0v) is 12.2. The van der Waals surface area contributed by atoms with Crippen molar-refractivity contribution in [1.29, 1.82) is 0 Å². The molecule has 8 heteroatoms. The Morgan fingerprint density at radius 2 is 2.11 bits per heavy atom. The lowest BCUT2D eigenvalue weighted by Crippen LogP contribution is -2.32. The van der Waals surface area contributed by atoms with Crippen molar-refractivity contribution in [2.75, 3.05) is 43.0 Å². The molecule has 2 aromatic rings. The van der Waals surface area contributed by atoms with Crippen LogP contribution in [0.25, 0.3) is 5.65 Å². The lowest BCUT2D eigenvalue weighted by molar-refractivity contribution is 0.313. The van der Waals surface area contributed by atoms with Gasteiger partial charge in [-0.2, -0.15) is 4.52 Å². The average molecular weight is 326 g/mol. The zero-order chi connectivity index (χ0) is 13.1. The number of hydrogen-bond donors (Lipinski definition) is 0. The largest absolute Gasteiger partial charge is 0.354 e. The number of alkyl halides is 1. The van der Waals surface area contributed by atoms with Crippen molar-refractivity contribution >= 4 is 27.4 Å². The number of anilines is 1. The van der Waals surface area contributed by atoms with Crippen molar-refractivity contribution in [3.8, 4) is 0 Å². The topological polar surface area (TPSA) is 62.5 Å². The van der Waals surface area contributed by atoms with E-state index in [2.05, 4.69) is 46.2 Å². The van der Waals surface area contributed by atoms with Crippen molar-refractivity contribution in [1.82, 2.24) is 29.9 Å². The van der Waals surface area contributed by atoms with E-state index in [0.29, 0.717) is 5.65 Å². The predicted octanol–water partition coefficient (Wildman–Crippen LogP) is 0.426. The molecular weight excluding hydrogens is 310 g/mol. The fraction of sp³-hybridized carbons (Fsp3) is 0.636. The molecule has 3 heterocycles. The minimum atomic E-state index is 0.694. The molecule has 7 nitrogen and oxygen atoms in total. The molecule has 0 spiro atoms. The molecule has 0 aromatic carbocycles. The Hall–Kier alpha value is -1.28. The summed E-state index contributed by atoms with van der Waals surface area (Å²) in [7, 11) is 0. The second kappa shape index (κ2) is 5.79. The van der Waals surface area contributed by atoms with Crippen LogP contribution in [0.5, 0.6) is 0 Å². The van der Waals surface area contributed by atoms with E-state index in [0.717, 1.165) is 50.3 Å². The van der Waals surface area contributed by atoms with E-state index >= 15 is 0 Å². The van der Waals surface area contributed by atoms with Gasteiger partial charge in [0.25, 0.3) is 0 Å². The highest BCUT2D eigenvalue weighted by molar-refractivity contribution is 9.09. The third kappa shape index (κ3) is 2.69. The Morgan fingerprint density at radius 1 is 1.16 bits per heavy atom. The van der Waals surface area contributed by atoms with E-state index in [9.17, 15) is 0 Å². The zero-order valence-electron chi connectivity index (χ0n) is 10.6. The number of halogens is 1. The van der Waals surface area contributed by atoms with E-state index in [1.165, 1.54) is 0 Å². The van der Waals surface area contributed by atoms with Gasteiger partial charge in [-0.3, -0.25) is 4.98 Å². The summed E-state index contributed by atoms with van der Waals surface area (Å²) in [5.74, 6) is 0.975. The Kier molecular flexibility index (Phi) is 3.88. The molecule has 2 aromatic heterocycles. The first-order valence-electron chi connectivity index (χ1n) is 6.44. The van der Waals surface area contributed by atoms with Crippen molar-refractivity contribution in [2.45, 2.75) is 6.42 Å². The molecular formula is C11H16BrN7. The molecule has 0 amide bonds. The Labute approximate surface area is 119 Å². The van der Waals surface area contributed by atoms with Crippen LogP contribution in [0.1, 0.15) is 6.42 Å². The van der Waals surface area contributed by atoms with Gasteiger partial charge in [-0.15, -0.1) is 5.10 Å². The third-order valence-corrected chi connectivity index (χ3v) is 3.76. The van der Waals surface area contributed by atoms with Gasteiger partial charge >= 0.3 is 0 Å². The maximum Gasteiger partial charge on any atom is 0.199 e. The van der Waals surface area contributed by atoms with Crippen LogP contribution in [-0.4, -0.2) is 68.0 Å². The monoisotopic (exact) mass is 325 g/mol. The maximum atomic E-state index is 4.22. The van der Waals surface area contributed by atoms with Crippen LogP contribution >= 0.6 is 15.9 Å². The summed E-state index contributed by atoms with van der Waals surface area (Å²) in [5, 5.41) is 12.7. The molecule has 0 atom stereocenters. The Morgan fingerprint density at radius 3 is 3.00 bits per heavy atom. The van der Waals surface area contributed by atoms with Crippen molar-refractivity contribution in [3.63, 3.8) is 0 Å². The normalized spacial score (nSPS) is 17.8. The highest BCUT2D eigenvalue weighted by Gasteiger charge is 2.17.